The van der Waals surface area contributed by atoms with E-state index in [0.717, 1.165) is 17.7 Å². The van der Waals surface area contributed by atoms with Gasteiger partial charge in [0.25, 0.3) is 0 Å². The standard InChI is InChI=1S/C23H23F2N3O4/c24-16-3-6-20(18(25)9-16)32-17-4-1-14(2-5-17)15-10-28(11-15)23(30)27-8-7-21-19(12-27)26-22(29)13-31-21/h1-6,9,15,19,21H,7-8,10-13H2,(H,26,29)/t19?,21-/m0/s1. The lowest BCUT2D eigenvalue weighted by Gasteiger charge is -2.46. The zero-order chi connectivity index (χ0) is 22.2. The van der Waals surface area contributed by atoms with Crippen LogP contribution in [0.2, 0.25) is 0 Å². The van der Waals surface area contributed by atoms with E-state index in [0.29, 0.717) is 38.3 Å². The third-order valence-corrected chi connectivity index (χ3v) is 6.22. The van der Waals surface area contributed by atoms with Gasteiger partial charge in [-0.3, -0.25) is 4.79 Å². The maximum atomic E-state index is 13.8. The molecule has 168 valence electrons. The van der Waals surface area contributed by atoms with Crippen molar-refractivity contribution in [2.75, 3.05) is 32.8 Å². The number of fused-ring (bicyclic) bond motifs is 1. The van der Waals surface area contributed by atoms with E-state index in [9.17, 15) is 18.4 Å². The zero-order valence-electron chi connectivity index (χ0n) is 17.3. The minimum atomic E-state index is -0.759. The number of carbonyl (C=O) groups excluding carboxylic acids is 2. The van der Waals surface area contributed by atoms with Gasteiger partial charge >= 0.3 is 6.03 Å². The summed E-state index contributed by atoms with van der Waals surface area (Å²) in [4.78, 5) is 28.0. The van der Waals surface area contributed by atoms with Crippen LogP contribution in [-0.2, 0) is 9.53 Å². The van der Waals surface area contributed by atoms with E-state index < -0.39 is 11.6 Å². The van der Waals surface area contributed by atoms with Crippen LogP contribution in [-0.4, -0.2) is 66.7 Å². The third-order valence-electron chi connectivity index (χ3n) is 6.22. The van der Waals surface area contributed by atoms with Gasteiger partial charge < -0.3 is 24.6 Å². The molecule has 0 saturated carbocycles. The van der Waals surface area contributed by atoms with Crippen LogP contribution in [0.1, 0.15) is 17.9 Å². The first-order valence-electron chi connectivity index (χ1n) is 10.6. The lowest BCUT2D eigenvalue weighted by Crippen LogP contribution is -2.63. The first-order chi connectivity index (χ1) is 15.5. The molecule has 0 aromatic heterocycles. The van der Waals surface area contributed by atoms with Crippen LogP contribution in [0.4, 0.5) is 13.6 Å². The van der Waals surface area contributed by atoms with Crippen molar-refractivity contribution in [1.29, 1.82) is 0 Å². The molecule has 1 unspecified atom stereocenters. The highest BCUT2D eigenvalue weighted by atomic mass is 19.1. The minimum Gasteiger partial charge on any atom is -0.454 e. The monoisotopic (exact) mass is 443 g/mol. The Balaban J connectivity index is 1.14. The molecule has 2 aromatic carbocycles. The molecule has 0 bridgehead atoms. The smallest absolute Gasteiger partial charge is 0.320 e. The Morgan fingerprint density at radius 2 is 1.84 bits per heavy atom. The van der Waals surface area contributed by atoms with Crippen LogP contribution < -0.4 is 10.1 Å². The summed E-state index contributed by atoms with van der Waals surface area (Å²) in [5.74, 6) is -0.930. The number of morpholine rings is 1. The lowest BCUT2D eigenvalue weighted by atomic mass is 9.91. The highest BCUT2D eigenvalue weighted by Gasteiger charge is 2.40. The maximum absolute atomic E-state index is 13.8. The van der Waals surface area contributed by atoms with Gasteiger partial charge in [-0.05, 0) is 36.2 Å². The molecule has 3 aliphatic heterocycles. The van der Waals surface area contributed by atoms with Crippen molar-refractivity contribution in [2.24, 2.45) is 0 Å². The molecule has 32 heavy (non-hydrogen) atoms. The predicted molar refractivity (Wildman–Crippen MR) is 110 cm³/mol. The lowest BCUT2D eigenvalue weighted by molar-refractivity contribution is -0.139. The summed E-state index contributed by atoms with van der Waals surface area (Å²) in [5, 5.41) is 2.91. The van der Waals surface area contributed by atoms with E-state index >= 15 is 0 Å². The van der Waals surface area contributed by atoms with Gasteiger partial charge in [-0.1, -0.05) is 12.1 Å². The number of halogens is 2. The molecule has 1 N–H and O–H groups in total. The molecule has 2 aromatic rings. The average molecular weight is 443 g/mol. The van der Waals surface area contributed by atoms with Crippen LogP contribution in [0.3, 0.4) is 0 Å². The molecule has 3 aliphatic rings. The molecule has 0 spiro atoms. The van der Waals surface area contributed by atoms with Crippen LogP contribution in [0, 0.1) is 11.6 Å². The van der Waals surface area contributed by atoms with E-state index in [-0.39, 0.29) is 42.4 Å². The number of hydrogen-bond acceptors (Lipinski definition) is 4. The zero-order valence-corrected chi connectivity index (χ0v) is 17.3. The molecule has 3 fully saturated rings. The highest BCUT2D eigenvalue weighted by Crippen LogP contribution is 2.31. The van der Waals surface area contributed by atoms with Gasteiger partial charge in [0.05, 0.1) is 12.1 Å². The van der Waals surface area contributed by atoms with Crippen molar-refractivity contribution in [2.45, 2.75) is 24.5 Å². The number of nitrogens with zero attached hydrogens (tertiary/aromatic N) is 2. The summed E-state index contributed by atoms with van der Waals surface area (Å²) >= 11 is 0. The topological polar surface area (TPSA) is 71.1 Å². The fourth-order valence-electron chi connectivity index (χ4n) is 4.41. The van der Waals surface area contributed by atoms with Crippen molar-refractivity contribution >= 4 is 11.9 Å². The van der Waals surface area contributed by atoms with Crippen LogP contribution in [0.15, 0.2) is 42.5 Å². The van der Waals surface area contributed by atoms with Gasteiger partial charge in [0.15, 0.2) is 11.6 Å². The number of nitrogens with one attached hydrogen (secondary N) is 1. The average Bonchev–Trinajstić information content (AvgIpc) is 2.75. The second-order valence-corrected chi connectivity index (χ2v) is 8.39. The number of urea groups is 1. The summed E-state index contributed by atoms with van der Waals surface area (Å²) in [7, 11) is 0. The van der Waals surface area contributed by atoms with Gasteiger partial charge in [-0.15, -0.1) is 0 Å². The molecule has 3 amide bonds. The number of benzene rings is 2. The van der Waals surface area contributed by atoms with Gasteiger partial charge in [0, 0.05) is 38.2 Å². The Hall–Kier alpha value is -3.20. The fourth-order valence-corrected chi connectivity index (χ4v) is 4.41. The second kappa shape index (κ2) is 8.38. The molecule has 9 heteroatoms. The predicted octanol–water partition coefficient (Wildman–Crippen LogP) is 2.87. The number of likely N-dealkylation sites (tertiary alicyclic amines) is 2. The number of piperidine rings is 1. The van der Waals surface area contributed by atoms with E-state index in [1.165, 1.54) is 6.07 Å². The van der Waals surface area contributed by atoms with Gasteiger partial charge in [-0.25, -0.2) is 13.6 Å². The molecule has 5 rings (SSSR count). The Bertz CT molecular complexity index is 1030. The SMILES string of the molecule is O=C1CO[C@H]2CCN(C(=O)N3CC(c4ccc(Oc5ccc(F)cc5F)cc4)C3)CC2N1. The summed E-state index contributed by atoms with van der Waals surface area (Å²) in [6.45, 7) is 2.38. The first kappa shape index (κ1) is 20.7. The summed E-state index contributed by atoms with van der Waals surface area (Å²) < 4.78 is 37.8. The number of rotatable bonds is 3. The molecule has 3 heterocycles. The number of carbonyl (C=O) groups is 2. The highest BCUT2D eigenvalue weighted by molar-refractivity contribution is 5.79. The Morgan fingerprint density at radius 1 is 1.06 bits per heavy atom. The molecule has 7 nitrogen and oxygen atoms in total. The number of amides is 3. The van der Waals surface area contributed by atoms with E-state index in [1.54, 1.807) is 21.9 Å². The van der Waals surface area contributed by atoms with E-state index in [4.69, 9.17) is 9.47 Å². The number of ether oxygens (including phenoxy) is 2. The normalized spacial score (nSPS) is 23.2. The van der Waals surface area contributed by atoms with Crippen molar-refractivity contribution in [3.8, 4) is 11.5 Å². The van der Waals surface area contributed by atoms with Crippen molar-refractivity contribution in [1.82, 2.24) is 15.1 Å². The van der Waals surface area contributed by atoms with Crippen LogP contribution in [0.5, 0.6) is 11.5 Å². The summed E-state index contributed by atoms with van der Waals surface area (Å²) in [6.07, 6.45) is 0.689. The largest absolute Gasteiger partial charge is 0.454 e. The maximum Gasteiger partial charge on any atom is 0.320 e. The third kappa shape index (κ3) is 4.12. The minimum absolute atomic E-state index is 0.0220. The van der Waals surface area contributed by atoms with Crippen LogP contribution >= 0.6 is 0 Å². The van der Waals surface area contributed by atoms with Gasteiger partial charge in [0.2, 0.25) is 5.91 Å². The Morgan fingerprint density at radius 3 is 2.59 bits per heavy atom. The summed E-state index contributed by atoms with van der Waals surface area (Å²) in [5.41, 5.74) is 1.06. The molecule has 0 aliphatic carbocycles. The summed E-state index contributed by atoms with van der Waals surface area (Å²) in [6, 6.07) is 10.3. The van der Waals surface area contributed by atoms with Crippen LogP contribution in [0.25, 0.3) is 0 Å². The number of hydrogen-bond donors (Lipinski definition) is 1. The Labute approximate surface area is 183 Å². The molecule has 2 atom stereocenters. The van der Waals surface area contributed by atoms with E-state index in [1.807, 2.05) is 12.1 Å². The fraction of sp³-hybridized carbons (Fsp3) is 0.391. The molecule has 3 saturated heterocycles. The molecule has 0 radical (unpaired) electrons. The first-order valence-corrected chi connectivity index (χ1v) is 10.6. The van der Waals surface area contributed by atoms with Crippen molar-refractivity contribution in [3.63, 3.8) is 0 Å². The van der Waals surface area contributed by atoms with Crippen molar-refractivity contribution < 1.29 is 27.8 Å². The Kier molecular flexibility index (Phi) is 5.42. The second-order valence-electron chi connectivity index (χ2n) is 8.39. The quantitative estimate of drug-likeness (QED) is 0.792. The van der Waals surface area contributed by atoms with Crippen molar-refractivity contribution in [3.05, 3.63) is 59.7 Å². The van der Waals surface area contributed by atoms with E-state index in [2.05, 4.69) is 5.32 Å². The molecular formula is C23H23F2N3O4. The van der Waals surface area contributed by atoms with Gasteiger partial charge in [-0.2, -0.15) is 0 Å². The molecular weight excluding hydrogens is 420 g/mol. The van der Waals surface area contributed by atoms with Gasteiger partial charge in [0.1, 0.15) is 18.2 Å².